The first-order valence-electron chi connectivity index (χ1n) is 4.88. The van der Waals surface area contributed by atoms with E-state index in [4.69, 9.17) is 10.8 Å². The Morgan fingerprint density at radius 3 is 2.93 bits per heavy atom. The molecule has 0 aliphatic carbocycles. The summed E-state index contributed by atoms with van der Waals surface area (Å²) in [4.78, 5) is 18.2. The van der Waals surface area contributed by atoms with Gasteiger partial charge in [0.25, 0.3) is 0 Å². The molecule has 0 radical (unpaired) electrons. The Hall–Kier alpha value is -1.56. The zero-order valence-electron chi connectivity index (χ0n) is 8.33. The predicted octanol–water partition coefficient (Wildman–Crippen LogP) is -0.117. The Morgan fingerprint density at radius 1 is 1.60 bits per heavy atom. The number of nitrogens with two attached hydrogens (primary N) is 1. The average Bonchev–Trinajstić information content (AvgIpc) is 2.68. The van der Waals surface area contributed by atoms with Crippen molar-refractivity contribution in [3.05, 3.63) is 11.8 Å². The molecule has 1 unspecified atom stereocenters. The molecule has 82 valence electrons. The Kier molecular flexibility index (Phi) is 2.59. The fraction of sp³-hybridized carbons (Fsp3) is 0.556. The summed E-state index contributed by atoms with van der Waals surface area (Å²) < 4.78 is 0. The number of allylic oxidation sites excluding steroid dienone is 1. The van der Waals surface area contributed by atoms with E-state index in [0.29, 0.717) is 13.2 Å². The zero-order chi connectivity index (χ0) is 10.8. The quantitative estimate of drug-likeness (QED) is 0.632. The van der Waals surface area contributed by atoms with E-state index in [2.05, 4.69) is 4.99 Å². The minimum atomic E-state index is -0.873. The molecular formula is C9H14N4O2. The monoisotopic (exact) mass is 210 g/mol. The summed E-state index contributed by atoms with van der Waals surface area (Å²) in [6, 6.07) is 0. The van der Waals surface area contributed by atoms with E-state index in [1.165, 1.54) is 4.90 Å². The summed E-state index contributed by atoms with van der Waals surface area (Å²) in [6.07, 6.45) is 3.42. The van der Waals surface area contributed by atoms with Gasteiger partial charge in [0.1, 0.15) is 6.17 Å². The topological polar surface area (TPSA) is 82.2 Å². The minimum Gasteiger partial charge on any atom is -0.465 e. The van der Waals surface area contributed by atoms with Crippen LogP contribution in [0.4, 0.5) is 4.79 Å². The molecule has 2 aliphatic heterocycles. The molecule has 6 nitrogen and oxygen atoms in total. The maximum absolute atomic E-state index is 10.7. The number of aliphatic imine (C=N–C) groups is 1. The lowest BCUT2D eigenvalue weighted by Gasteiger charge is -2.21. The van der Waals surface area contributed by atoms with Gasteiger partial charge in [0.2, 0.25) is 0 Å². The van der Waals surface area contributed by atoms with Crippen molar-refractivity contribution in [1.82, 2.24) is 9.80 Å². The van der Waals surface area contributed by atoms with Crippen LogP contribution in [-0.4, -0.2) is 53.1 Å². The number of hydrogen-bond donors (Lipinski definition) is 2. The van der Waals surface area contributed by atoms with Crippen LogP contribution in [0.1, 0.15) is 6.42 Å². The van der Waals surface area contributed by atoms with Gasteiger partial charge in [-0.3, -0.25) is 9.89 Å². The molecule has 0 aromatic heterocycles. The highest BCUT2D eigenvalue weighted by molar-refractivity contribution is 5.79. The molecule has 1 saturated heterocycles. The first kappa shape index (κ1) is 9.97. The maximum Gasteiger partial charge on any atom is 0.408 e. The highest BCUT2D eigenvalue weighted by Gasteiger charge is 2.25. The van der Waals surface area contributed by atoms with E-state index in [9.17, 15) is 4.79 Å². The highest BCUT2D eigenvalue weighted by Crippen LogP contribution is 2.14. The second kappa shape index (κ2) is 3.90. The lowest BCUT2D eigenvalue weighted by Crippen LogP contribution is -2.31. The van der Waals surface area contributed by atoms with Crippen molar-refractivity contribution in [2.45, 2.75) is 12.6 Å². The zero-order valence-corrected chi connectivity index (χ0v) is 8.33. The predicted molar refractivity (Wildman–Crippen MR) is 55.5 cm³/mol. The SMILES string of the molecule is NC1CC=C(N2CCN(C(=O)O)C2)C=N1. The van der Waals surface area contributed by atoms with Crippen LogP contribution in [0.2, 0.25) is 0 Å². The van der Waals surface area contributed by atoms with Crippen LogP contribution in [0.15, 0.2) is 16.8 Å². The smallest absolute Gasteiger partial charge is 0.408 e. The van der Waals surface area contributed by atoms with Crippen molar-refractivity contribution in [3.8, 4) is 0 Å². The number of hydrogen-bond acceptors (Lipinski definition) is 4. The number of nitrogens with zero attached hydrogens (tertiary/aromatic N) is 3. The summed E-state index contributed by atoms with van der Waals surface area (Å²) in [5, 5.41) is 8.80. The third-order valence-electron chi connectivity index (χ3n) is 2.58. The van der Waals surface area contributed by atoms with Crippen LogP contribution in [-0.2, 0) is 0 Å². The molecule has 0 saturated carbocycles. The first-order chi connectivity index (χ1) is 7.16. The van der Waals surface area contributed by atoms with E-state index in [1.807, 2.05) is 11.0 Å². The summed E-state index contributed by atoms with van der Waals surface area (Å²) in [5.41, 5.74) is 6.58. The van der Waals surface area contributed by atoms with Crippen molar-refractivity contribution in [1.29, 1.82) is 0 Å². The number of dihydropyridines is 1. The summed E-state index contributed by atoms with van der Waals surface area (Å²) in [7, 11) is 0. The third kappa shape index (κ3) is 2.10. The van der Waals surface area contributed by atoms with Gasteiger partial charge in [-0.25, -0.2) is 4.79 Å². The van der Waals surface area contributed by atoms with E-state index >= 15 is 0 Å². The van der Waals surface area contributed by atoms with E-state index < -0.39 is 6.09 Å². The van der Waals surface area contributed by atoms with E-state index in [-0.39, 0.29) is 6.17 Å². The normalized spacial score (nSPS) is 25.7. The van der Waals surface area contributed by atoms with Gasteiger partial charge in [0, 0.05) is 25.7 Å². The summed E-state index contributed by atoms with van der Waals surface area (Å²) in [5.74, 6) is 0. The molecule has 6 heteroatoms. The fourth-order valence-corrected chi connectivity index (χ4v) is 1.69. The molecule has 3 N–H and O–H groups in total. The van der Waals surface area contributed by atoms with Gasteiger partial charge >= 0.3 is 6.09 Å². The molecule has 2 rings (SSSR count). The van der Waals surface area contributed by atoms with Crippen molar-refractivity contribution in [3.63, 3.8) is 0 Å². The van der Waals surface area contributed by atoms with Gasteiger partial charge in [0.15, 0.2) is 0 Å². The number of rotatable bonds is 1. The molecular weight excluding hydrogens is 196 g/mol. The molecule has 0 spiro atoms. The Balaban J connectivity index is 1.97. The molecule has 2 aliphatic rings. The Bertz CT molecular complexity index is 326. The average molecular weight is 210 g/mol. The Morgan fingerprint density at radius 2 is 2.40 bits per heavy atom. The Labute approximate surface area is 87.7 Å². The van der Waals surface area contributed by atoms with E-state index in [1.54, 1.807) is 6.21 Å². The molecule has 1 atom stereocenters. The van der Waals surface area contributed by atoms with Gasteiger partial charge in [-0.1, -0.05) is 6.08 Å². The number of carbonyl (C=O) groups is 1. The highest BCUT2D eigenvalue weighted by atomic mass is 16.4. The van der Waals surface area contributed by atoms with Crippen molar-refractivity contribution in [2.24, 2.45) is 10.7 Å². The van der Waals surface area contributed by atoms with Gasteiger partial charge < -0.3 is 15.7 Å². The van der Waals surface area contributed by atoms with Crippen LogP contribution in [0.5, 0.6) is 0 Å². The second-order valence-electron chi connectivity index (χ2n) is 3.66. The lowest BCUT2D eigenvalue weighted by molar-refractivity contribution is 0.150. The largest absolute Gasteiger partial charge is 0.465 e. The molecule has 1 amide bonds. The van der Waals surface area contributed by atoms with Crippen molar-refractivity contribution in [2.75, 3.05) is 19.8 Å². The number of carboxylic acid groups (broad SMARTS) is 1. The molecule has 15 heavy (non-hydrogen) atoms. The minimum absolute atomic E-state index is 0.146. The molecule has 1 fully saturated rings. The molecule has 2 heterocycles. The standard InChI is InChI=1S/C9H14N4O2/c10-8-2-1-7(5-11-8)12-3-4-13(6-12)9(14)15/h1,5,8H,2-4,6,10H2,(H,14,15). The van der Waals surface area contributed by atoms with E-state index in [0.717, 1.165) is 18.7 Å². The van der Waals surface area contributed by atoms with Crippen LogP contribution in [0.25, 0.3) is 0 Å². The van der Waals surface area contributed by atoms with Gasteiger partial charge in [-0.15, -0.1) is 0 Å². The third-order valence-corrected chi connectivity index (χ3v) is 2.58. The van der Waals surface area contributed by atoms with Crippen LogP contribution < -0.4 is 5.73 Å². The van der Waals surface area contributed by atoms with Gasteiger partial charge in [-0.05, 0) is 0 Å². The molecule has 0 aromatic rings. The van der Waals surface area contributed by atoms with Gasteiger partial charge in [-0.2, -0.15) is 0 Å². The van der Waals surface area contributed by atoms with Crippen molar-refractivity contribution >= 4 is 12.3 Å². The number of amides is 1. The molecule has 0 aromatic carbocycles. The molecule has 0 bridgehead atoms. The van der Waals surface area contributed by atoms with Gasteiger partial charge in [0.05, 0.1) is 12.4 Å². The summed E-state index contributed by atoms with van der Waals surface area (Å²) in [6.45, 7) is 1.69. The maximum atomic E-state index is 10.7. The van der Waals surface area contributed by atoms with Crippen LogP contribution in [0, 0.1) is 0 Å². The van der Waals surface area contributed by atoms with Crippen molar-refractivity contribution < 1.29 is 9.90 Å². The summed E-state index contributed by atoms with van der Waals surface area (Å²) >= 11 is 0. The first-order valence-corrected chi connectivity index (χ1v) is 4.88. The second-order valence-corrected chi connectivity index (χ2v) is 3.66. The van der Waals surface area contributed by atoms with Crippen LogP contribution >= 0.6 is 0 Å². The lowest BCUT2D eigenvalue weighted by atomic mass is 10.2. The fourth-order valence-electron chi connectivity index (χ4n) is 1.69. The van der Waals surface area contributed by atoms with Crippen LogP contribution in [0.3, 0.4) is 0 Å².